The van der Waals surface area contributed by atoms with Crippen molar-refractivity contribution >= 4 is 11.9 Å². The first-order valence-electron chi connectivity index (χ1n) is 13.1. The first-order valence-corrected chi connectivity index (χ1v) is 13.1. The number of halogens is 3. The van der Waals surface area contributed by atoms with Crippen LogP contribution in [-0.2, 0) is 9.59 Å². The Morgan fingerprint density at radius 3 is 2.36 bits per heavy atom. The number of allylic oxidation sites excluding steroid dienone is 5. The van der Waals surface area contributed by atoms with Crippen molar-refractivity contribution in [2.75, 3.05) is 26.7 Å². The highest BCUT2D eigenvalue weighted by Crippen LogP contribution is 2.36. The van der Waals surface area contributed by atoms with Gasteiger partial charge in [0, 0.05) is 25.3 Å². The molecule has 0 spiro atoms. The summed E-state index contributed by atoms with van der Waals surface area (Å²) < 4.78 is 32.8. The summed E-state index contributed by atoms with van der Waals surface area (Å²) in [5.74, 6) is -1.82. The summed E-state index contributed by atoms with van der Waals surface area (Å²) in [6, 6.07) is 0.763. The van der Waals surface area contributed by atoms with Crippen LogP contribution in [0.15, 0.2) is 35.5 Å². The third kappa shape index (κ3) is 12.2. The van der Waals surface area contributed by atoms with Gasteiger partial charge in [-0.05, 0) is 71.3 Å². The standard InChI is InChI=1S/C26H44N2O.C2HF3O2/c1-21(2)10-8-11-22(3)12-9-13-23(4)15-16-26(29)27-20-24-17-19-28(5)18-7-6-14-25(24)28;3-2(4,5)1(6)7/h10,12,15-16,23-25H,6-9,11,13-14,17-20H2,1-5H3;(H,6,7). The molecule has 1 N–H and O–H groups in total. The molecule has 2 aliphatic rings. The van der Waals surface area contributed by atoms with Gasteiger partial charge in [-0.15, -0.1) is 0 Å². The largest absolute Gasteiger partial charge is 0.542 e. The second-order valence-electron chi connectivity index (χ2n) is 10.9. The molecule has 206 valence electrons. The SMILES string of the molecule is CC(C)=CCCC(C)=CCCC(C)C=CC(=O)NCC1CC[N+]2(C)CCCCC12.O=C([O-])C(F)(F)F. The lowest BCUT2D eigenvalue weighted by Gasteiger charge is -2.41. The highest BCUT2D eigenvalue weighted by atomic mass is 19.4. The summed E-state index contributed by atoms with van der Waals surface area (Å²) in [5, 5.41) is 12.0. The summed E-state index contributed by atoms with van der Waals surface area (Å²) in [6.07, 6.45) is 13.1. The Morgan fingerprint density at radius 1 is 1.08 bits per heavy atom. The first kappa shape index (κ1) is 31.9. The zero-order valence-corrected chi connectivity index (χ0v) is 22.6. The van der Waals surface area contributed by atoms with Gasteiger partial charge in [-0.3, -0.25) is 4.79 Å². The average molecular weight is 515 g/mol. The predicted octanol–water partition coefficient (Wildman–Crippen LogP) is 5.09. The summed E-state index contributed by atoms with van der Waals surface area (Å²) in [6.45, 7) is 12.2. The number of nitrogens with zero attached hydrogens (tertiary/aromatic N) is 1. The van der Waals surface area contributed by atoms with Crippen LogP contribution in [0.3, 0.4) is 0 Å². The van der Waals surface area contributed by atoms with Crippen LogP contribution in [0.2, 0.25) is 0 Å². The smallest absolute Gasteiger partial charge is 0.430 e. The normalized spacial score (nSPS) is 24.9. The second kappa shape index (κ2) is 15.2. The van der Waals surface area contributed by atoms with Crippen molar-refractivity contribution in [1.82, 2.24) is 5.32 Å². The zero-order valence-electron chi connectivity index (χ0n) is 22.6. The number of rotatable bonds is 10. The minimum Gasteiger partial charge on any atom is -0.542 e. The molecular formula is C28H45F3N2O3. The third-order valence-corrected chi connectivity index (χ3v) is 7.33. The van der Waals surface area contributed by atoms with E-state index in [0.29, 0.717) is 11.8 Å². The molecule has 0 aromatic rings. The van der Waals surface area contributed by atoms with E-state index < -0.39 is 12.1 Å². The minimum absolute atomic E-state index is 0.0854. The van der Waals surface area contributed by atoms with Gasteiger partial charge in [0.15, 0.2) is 0 Å². The van der Waals surface area contributed by atoms with Crippen molar-refractivity contribution in [2.45, 2.75) is 91.3 Å². The van der Waals surface area contributed by atoms with E-state index >= 15 is 0 Å². The maximum Gasteiger partial charge on any atom is 0.430 e. The maximum atomic E-state index is 12.3. The van der Waals surface area contributed by atoms with E-state index in [4.69, 9.17) is 9.90 Å². The number of carboxylic acid groups (broad SMARTS) is 1. The van der Waals surface area contributed by atoms with Crippen LogP contribution in [0.5, 0.6) is 0 Å². The zero-order chi connectivity index (χ0) is 27.4. The molecule has 0 aromatic heterocycles. The van der Waals surface area contributed by atoms with Gasteiger partial charge < -0.3 is 19.7 Å². The lowest BCUT2D eigenvalue weighted by atomic mass is 9.92. The van der Waals surface area contributed by atoms with Crippen LogP contribution in [0.4, 0.5) is 13.2 Å². The topological polar surface area (TPSA) is 69.2 Å². The Hall–Kier alpha value is -2.09. The van der Waals surface area contributed by atoms with Gasteiger partial charge in [0.1, 0.15) is 5.97 Å². The van der Waals surface area contributed by atoms with Crippen LogP contribution in [0, 0.1) is 11.8 Å². The fraction of sp³-hybridized carbons (Fsp3) is 0.714. The highest BCUT2D eigenvalue weighted by molar-refractivity contribution is 5.87. The molecule has 2 fully saturated rings. The third-order valence-electron chi connectivity index (χ3n) is 7.33. The second-order valence-corrected chi connectivity index (χ2v) is 10.9. The van der Waals surface area contributed by atoms with Crippen LogP contribution in [0.1, 0.15) is 79.1 Å². The van der Waals surface area contributed by atoms with Crippen LogP contribution < -0.4 is 10.4 Å². The molecule has 0 bridgehead atoms. The summed E-state index contributed by atoms with van der Waals surface area (Å²) in [7, 11) is 2.42. The fourth-order valence-electron chi connectivity index (χ4n) is 5.14. The number of quaternary nitrogens is 1. The van der Waals surface area contributed by atoms with Gasteiger partial charge in [-0.2, -0.15) is 13.2 Å². The maximum absolute atomic E-state index is 12.3. The quantitative estimate of drug-likeness (QED) is 0.251. The number of amides is 1. The van der Waals surface area contributed by atoms with Crippen LogP contribution >= 0.6 is 0 Å². The van der Waals surface area contributed by atoms with E-state index in [0.717, 1.165) is 38.3 Å². The molecule has 0 aromatic carbocycles. The van der Waals surface area contributed by atoms with E-state index in [1.54, 1.807) is 6.08 Å². The molecule has 4 atom stereocenters. The number of hydrogen-bond acceptors (Lipinski definition) is 3. The van der Waals surface area contributed by atoms with Crippen molar-refractivity contribution in [3.63, 3.8) is 0 Å². The molecule has 36 heavy (non-hydrogen) atoms. The number of piperidine rings is 1. The van der Waals surface area contributed by atoms with Crippen molar-refractivity contribution < 1.29 is 32.3 Å². The minimum atomic E-state index is -5.19. The molecule has 1 amide bonds. The van der Waals surface area contributed by atoms with E-state index in [-0.39, 0.29) is 5.91 Å². The number of carbonyl (C=O) groups excluding carboxylic acids is 2. The van der Waals surface area contributed by atoms with Crippen LogP contribution in [0.25, 0.3) is 0 Å². The van der Waals surface area contributed by atoms with E-state index in [2.05, 4.69) is 58.3 Å². The highest BCUT2D eigenvalue weighted by Gasteiger charge is 2.46. The van der Waals surface area contributed by atoms with Crippen molar-refractivity contribution in [1.29, 1.82) is 0 Å². The average Bonchev–Trinajstić information content (AvgIpc) is 3.12. The predicted molar refractivity (Wildman–Crippen MR) is 136 cm³/mol. The molecule has 0 aliphatic carbocycles. The lowest BCUT2D eigenvalue weighted by Crippen LogP contribution is -2.53. The Labute approximate surface area is 215 Å². The van der Waals surface area contributed by atoms with Gasteiger partial charge >= 0.3 is 6.18 Å². The van der Waals surface area contributed by atoms with E-state index in [1.165, 1.54) is 54.4 Å². The molecule has 0 radical (unpaired) electrons. The summed E-state index contributed by atoms with van der Waals surface area (Å²) in [5.41, 5.74) is 2.87. The van der Waals surface area contributed by atoms with Crippen molar-refractivity contribution in [3.8, 4) is 0 Å². The Morgan fingerprint density at radius 2 is 1.75 bits per heavy atom. The van der Waals surface area contributed by atoms with Gasteiger partial charge in [-0.25, -0.2) is 0 Å². The number of carbonyl (C=O) groups is 2. The molecule has 2 saturated heterocycles. The fourth-order valence-corrected chi connectivity index (χ4v) is 5.14. The van der Waals surface area contributed by atoms with E-state index in [1.807, 2.05) is 0 Å². The number of hydrogen-bond donors (Lipinski definition) is 1. The number of aliphatic carboxylic acids is 1. The summed E-state index contributed by atoms with van der Waals surface area (Å²) in [4.78, 5) is 21.1. The van der Waals surface area contributed by atoms with Gasteiger partial charge in [0.05, 0.1) is 26.2 Å². The summed E-state index contributed by atoms with van der Waals surface area (Å²) >= 11 is 0. The molecule has 0 saturated carbocycles. The molecular weight excluding hydrogens is 469 g/mol. The Kier molecular flexibility index (Phi) is 13.5. The molecule has 2 aliphatic heterocycles. The lowest BCUT2D eigenvalue weighted by molar-refractivity contribution is -0.927. The Bertz CT molecular complexity index is 800. The van der Waals surface area contributed by atoms with E-state index in [9.17, 15) is 18.0 Å². The molecule has 8 heteroatoms. The Balaban J connectivity index is 0.000000809. The number of fused-ring (bicyclic) bond motifs is 1. The number of carboxylic acids is 1. The molecule has 4 unspecified atom stereocenters. The number of alkyl halides is 3. The van der Waals surface area contributed by atoms with Crippen molar-refractivity contribution in [2.24, 2.45) is 11.8 Å². The van der Waals surface area contributed by atoms with Gasteiger partial charge in [0.25, 0.3) is 0 Å². The first-order chi connectivity index (χ1) is 16.7. The van der Waals surface area contributed by atoms with Gasteiger partial charge in [0.2, 0.25) is 5.91 Å². The molecule has 2 heterocycles. The monoisotopic (exact) mass is 514 g/mol. The molecule has 5 nitrogen and oxygen atoms in total. The molecule has 2 rings (SSSR count). The van der Waals surface area contributed by atoms with Crippen LogP contribution in [-0.4, -0.2) is 55.3 Å². The van der Waals surface area contributed by atoms with Gasteiger partial charge in [-0.1, -0.05) is 36.3 Å². The number of nitrogens with one attached hydrogen (secondary N) is 1. The van der Waals surface area contributed by atoms with Crippen molar-refractivity contribution in [3.05, 3.63) is 35.5 Å².